The van der Waals surface area contributed by atoms with Gasteiger partial charge in [-0.15, -0.1) is 0 Å². The molecule has 33 heavy (non-hydrogen) atoms. The van der Waals surface area contributed by atoms with Crippen LogP contribution in [0.15, 0.2) is 71.2 Å². The molecule has 3 aromatic rings. The Morgan fingerprint density at radius 3 is 2.15 bits per heavy atom. The number of halogens is 1. The molecule has 8 heteroatoms. The van der Waals surface area contributed by atoms with Crippen molar-refractivity contribution < 1.29 is 14.3 Å². The van der Waals surface area contributed by atoms with Crippen LogP contribution in [0, 0.1) is 6.92 Å². The highest BCUT2D eigenvalue weighted by atomic mass is 79.9. The van der Waals surface area contributed by atoms with Crippen molar-refractivity contribution in [2.24, 2.45) is 0 Å². The number of anilines is 2. The molecule has 0 unspecified atom stereocenters. The maximum Gasteiger partial charge on any atom is 0.261 e. The number of nitrogens with one attached hydrogen (secondary N) is 3. The van der Waals surface area contributed by atoms with E-state index in [9.17, 15) is 9.59 Å². The van der Waals surface area contributed by atoms with Crippen molar-refractivity contribution in [2.45, 2.75) is 26.9 Å². The predicted octanol–water partition coefficient (Wildman–Crippen LogP) is 5.92. The summed E-state index contributed by atoms with van der Waals surface area (Å²) in [7, 11) is 0. The Balaban J connectivity index is 1.61. The van der Waals surface area contributed by atoms with Gasteiger partial charge < -0.3 is 15.4 Å². The minimum Gasteiger partial charge on any atom is -0.490 e. The molecule has 0 heterocycles. The zero-order valence-corrected chi connectivity index (χ0v) is 20.8. The predicted molar refractivity (Wildman–Crippen MR) is 139 cm³/mol. The molecule has 170 valence electrons. The topological polar surface area (TPSA) is 79.5 Å². The summed E-state index contributed by atoms with van der Waals surface area (Å²) in [6, 6.07) is 19.7. The van der Waals surface area contributed by atoms with E-state index in [-0.39, 0.29) is 23.0 Å². The lowest BCUT2D eigenvalue weighted by molar-refractivity contribution is 0.0970. The van der Waals surface area contributed by atoms with Gasteiger partial charge in [0.15, 0.2) is 5.11 Å². The van der Waals surface area contributed by atoms with E-state index in [1.165, 1.54) is 0 Å². The summed E-state index contributed by atoms with van der Waals surface area (Å²) in [6.45, 7) is 5.68. The second-order valence-electron chi connectivity index (χ2n) is 7.56. The van der Waals surface area contributed by atoms with Gasteiger partial charge in [-0.25, -0.2) is 0 Å². The molecule has 0 spiro atoms. The average Bonchev–Trinajstić information content (AvgIpc) is 2.76. The van der Waals surface area contributed by atoms with E-state index in [4.69, 9.17) is 17.0 Å². The number of aryl methyl sites for hydroxylation is 1. The number of rotatable bonds is 6. The lowest BCUT2D eigenvalue weighted by Gasteiger charge is -2.15. The Labute approximate surface area is 206 Å². The third kappa shape index (κ3) is 6.87. The van der Waals surface area contributed by atoms with Crippen molar-refractivity contribution in [1.29, 1.82) is 0 Å². The summed E-state index contributed by atoms with van der Waals surface area (Å²) in [4.78, 5) is 25.2. The Kier molecular flexibility index (Phi) is 8.19. The summed E-state index contributed by atoms with van der Waals surface area (Å²) in [5, 5.41) is 8.66. The third-order valence-electron chi connectivity index (χ3n) is 4.57. The van der Waals surface area contributed by atoms with Gasteiger partial charge in [0.05, 0.1) is 11.7 Å². The minimum absolute atomic E-state index is 0.0763. The van der Waals surface area contributed by atoms with Gasteiger partial charge in [-0.2, -0.15) is 0 Å². The number of carbonyl (C=O) groups excluding carboxylic acids is 2. The number of ether oxygens (including phenoxy) is 1. The minimum atomic E-state index is -0.383. The molecule has 2 amide bonds. The van der Waals surface area contributed by atoms with E-state index >= 15 is 0 Å². The van der Waals surface area contributed by atoms with Gasteiger partial charge in [0.1, 0.15) is 5.75 Å². The SMILES string of the molecule is Cc1ccccc1C(=O)Nc1ccc(NC(=S)NC(=O)c2cc(Br)ccc2OC(C)C)cc1. The van der Waals surface area contributed by atoms with Crippen LogP contribution < -0.4 is 20.7 Å². The second kappa shape index (κ2) is 11.1. The van der Waals surface area contributed by atoms with Gasteiger partial charge >= 0.3 is 0 Å². The highest BCUT2D eigenvalue weighted by Crippen LogP contribution is 2.24. The fourth-order valence-corrected chi connectivity index (χ4v) is 3.60. The van der Waals surface area contributed by atoms with Crippen molar-refractivity contribution in [3.8, 4) is 5.75 Å². The molecule has 6 nitrogen and oxygen atoms in total. The molecule has 0 aromatic heterocycles. The number of hydrogen-bond acceptors (Lipinski definition) is 4. The highest BCUT2D eigenvalue weighted by Gasteiger charge is 2.16. The number of amides is 2. The lowest BCUT2D eigenvalue weighted by Crippen LogP contribution is -2.34. The van der Waals surface area contributed by atoms with E-state index < -0.39 is 0 Å². The maximum absolute atomic E-state index is 12.8. The van der Waals surface area contributed by atoms with Gasteiger partial charge in [-0.1, -0.05) is 34.1 Å². The average molecular weight is 526 g/mol. The van der Waals surface area contributed by atoms with Crippen LogP contribution in [-0.2, 0) is 0 Å². The summed E-state index contributed by atoms with van der Waals surface area (Å²) in [5.74, 6) is -0.0844. The van der Waals surface area contributed by atoms with Gasteiger partial charge in [0.2, 0.25) is 0 Å². The molecular weight excluding hydrogens is 502 g/mol. The van der Waals surface area contributed by atoms with Crippen LogP contribution in [0.3, 0.4) is 0 Å². The molecule has 3 N–H and O–H groups in total. The van der Waals surface area contributed by atoms with Crippen LogP contribution in [0.4, 0.5) is 11.4 Å². The van der Waals surface area contributed by atoms with Crippen LogP contribution in [-0.4, -0.2) is 23.0 Å². The molecule has 0 saturated carbocycles. The zero-order valence-electron chi connectivity index (χ0n) is 18.4. The van der Waals surface area contributed by atoms with Crippen LogP contribution >= 0.6 is 28.1 Å². The summed E-state index contributed by atoms with van der Waals surface area (Å²) in [5.41, 5.74) is 3.21. The van der Waals surface area contributed by atoms with Crippen LogP contribution in [0.5, 0.6) is 5.75 Å². The molecule has 0 fully saturated rings. The molecule has 0 atom stereocenters. The molecule has 3 aromatic carbocycles. The first kappa shape index (κ1) is 24.4. The third-order valence-corrected chi connectivity index (χ3v) is 5.26. The quantitative estimate of drug-likeness (QED) is 0.348. The highest BCUT2D eigenvalue weighted by molar-refractivity contribution is 9.10. The summed E-state index contributed by atoms with van der Waals surface area (Å²) < 4.78 is 6.48. The van der Waals surface area contributed by atoms with Crippen LogP contribution in [0.1, 0.15) is 40.1 Å². The van der Waals surface area contributed by atoms with E-state index in [0.717, 1.165) is 10.0 Å². The van der Waals surface area contributed by atoms with Crippen molar-refractivity contribution in [3.05, 3.63) is 87.9 Å². The van der Waals surface area contributed by atoms with E-state index in [2.05, 4.69) is 31.9 Å². The first-order chi connectivity index (χ1) is 15.7. The molecule has 3 rings (SSSR count). The van der Waals surface area contributed by atoms with Gasteiger partial charge in [0, 0.05) is 21.4 Å². The molecule has 0 saturated heterocycles. The lowest BCUT2D eigenvalue weighted by atomic mass is 10.1. The smallest absolute Gasteiger partial charge is 0.261 e. The van der Waals surface area contributed by atoms with Crippen molar-refractivity contribution in [1.82, 2.24) is 5.32 Å². The van der Waals surface area contributed by atoms with E-state index in [1.807, 2.05) is 45.0 Å². The van der Waals surface area contributed by atoms with E-state index in [1.54, 1.807) is 42.5 Å². The summed E-state index contributed by atoms with van der Waals surface area (Å²) >= 11 is 8.67. The molecule has 0 aliphatic heterocycles. The number of benzene rings is 3. The first-order valence-corrected chi connectivity index (χ1v) is 11.5. The second-order valence-corrected chi connectivity index (χ2v) is 8.89. The molecule has 0 aliphatic rings. The standard InChI is InChI=1S/C25H24BrN3O3S/c1-15(2)32-22-13-8-17(26)14-21(22)24(31)29-25(33)28-19-11-9-18(10-12-19)27-23(30)20-7-5-4-6-16(20)3/h4-15H,1-3H3,(H,27,30)(H2,28,29,31,33). The first-order valence-electron chi connectivity index (χ1n) is 10.3. The van der Waals surface area contributed by atoms with Crippen molar-refractivity contribution >= 4 is 56.4 Å². The Morgan fingerprint density at radius 1 is 0.879 bits per heavy atom. The van der Waals surface area contributed by atoms with E-state index in [0.29, 0.717) is 28.3 Å². The Morgan fingerprint density at radius 2 is 1.52 bits per heavy atom. The van der Waals surface area contributed by atoms with Gasteiger partial charge in [-0.05, 0) is 87.1 Å². The normalized spacial score (nSPS) is 10.5. The molecule has 0 bridgehead atoms. The molecule has 0 aliphatic carbocycles. The van der Waals surface area contributed by atoms with Gasteiger partial charge in [0.25, 0.3) is 11.8 Å². The maximum atomic E-state index is 12.8. The molecular formula is C25H24BrN3O3S. The van der Waals surface area contributed by atoms with Crippen LogP contribution in [0.2, 0.25) is 0 Å². The fourth-order valence-electron chi connectivity index (χ4n) is 3.03. The summed E-state index contributed by atoms with van der Waals surface area (Å²) in [6.07, 6.45) is -0.0763. The number of hydrogen-bond donors (Lipinski definition) is 3. The molecule has 0 radical (unpaired) electrons. The number of carbonyl (C=O) groups is 2. The van der Waals surface area contributed by atoms with Crippen molar-refractivity contribution in [2.75, 3.05) is 10.6 Å². The monoisotopic (exact) mass is 525 g/mol. The number of thiocarbonyl (C=S) groups is 1. The zero-order chi connectivity index (χ0) is 24.0. The Bertz CT molecular complexity index is 1180. The fraction of sp³-hybridized carbons (Fsp3) is 0.160. The van der Waals surface area contributed by atoms with Crippen molar-refractivity contribution in [3.63, 3.8) is 0 Å². The van der Waals surface area contributed by atoms with Gasteiger partial charge in [-0.3, -0.25) is 14.9 Å². The largest absolute Gasteiger partial charge is 0.490 e. The van der Waals surface area contributed by atoms with Crippen LogP contribution in [0.25, 0.3) is 0 Å². The Hall–Kier alpha value is -3.23.